The van der Waals surface area contributed by atoms with Gasteiger partial charge < -0.3 is 14.3 Å². The molecule has 1 heterocycles. The van der Waals surface area contributed by atoms with Crippen molar-refractivity contribution in [2.24, 2.45) is 5.92 Å². The molecule has 1 N–H and O–H groups in total. The van der Waals surface area contributed by atoms with Crippen LogP contribution in [0.4, 0.5) is 0 Å². The first kappa shape index (κ1) is 17.4. The van der Waals surface area contributed by atoms with Crippen molar-refractivity contribution in [3.8, 4) is 0 Å². The molecular formula is C20H30NO3+. The van der Waals surface area contributed by atoms with Crippen molar-refractivity contribution >= 4 is 5.97 Å². The first-order chi connectivity index (χ1) is 11.5. The minimum Gasteiger partial charge on any atom is -0.454 e. The summed E-state index contributed by atoms with van der Waals surface area (Å²) in [4.78, 5) is 13.0. The van der Waals surface area contributed by atoms with Crippen LogP contribution in [0.25, 0.3) is 0 Å². The van der Waals surface area contributed by atoms with Crippen LogP contribution in [0.15, 0.2) is 30.3 Å². The van der Waals surface area contributed by atoms with E-state index in [-0.39, 0.29) is 12.0 Å². The van der Waals surface area contributed by atoms with Gasteiger partial charge in [-0.3, -0.25) is 0 Å². The molecule has 2 fully saturated rings. The van der Waals surface area contributed by atoms with Gasteiger partial charge in [-0.2, -0.15) is 0 Å². The Morgan fingerprint density at radius 1 is 1.25 bits per heavy atom. The number of hydrogen-bond donors (Lipinski definition) is 1. The second-order valence-electron chi connectivity index (χ2n) is 7.77. The Morgan fingerprint density at radius 2 is 1.92 bits per heavy atom. The number of likely N-dealkylation sites (tertiary alicyclic amines) is 1. The van der Waals surface area contributed by atoms with Gasteiger partial charge in [0.25, 0.3) is 0 Å². The van der Waals surface area contributed by atoms with E-state index in [1.165, 1.54) is 0 Å². The first-order valence-electron chi connectivity index (χ1n) is 9.30. The number of quaternary nitrogens is 1. The zero-order chi connectivity index (χ0) is 17.2. The molecule has 4 heteroatoms. The van der Waals surface area contributed by atoms with Crippen molar-refractivity contribution in [1.29, 1.82) is 0 Å². The lowest BCUT2D eigenvalue weighted by Gasteiger charge is -2.33. The molecule has 1 saturated carbocycles. The molecule has 0 radical (unpaired) electrons. The van der Waals surface area contributed by atoms with Crippen LogP contribution in [0.2, 0.25) is 0 Å². The molecule has 1 aromatic carbocycles. The van der Waals surface area contributed by atoms with Crippen molar-refractivity contribution in [2.45, 2.75) is 50.7 Å². The van der Waals surface area contributed by atoms with Gasteiger partial charge in [-0.1, -0.05) is 43.2 Å². The molecule has 4 nitrogen and oxygen atoms in total. The molecule has 1 aliphatic heterocycles. The van der Waals surface area contributed by atoms with Gasteiger partial charge in [-0.15, -0.1) is 0 Å². The number of esters is 1. The Balaban J connectivity index is 1.80. The van der Waals surface area contributed by atoms with Gasteiger partial charge in [0.2, 0.25) is 0 Å². The Morgan fingerprint density at radius 3 is 2.50 bits per heavy atom. The number of carbonyl (C=O) groups excluding carboxylic acids is 1. The van der Waals surface area contributed by atoms with Gasteiger partial charge in [0.1, 0.15) is 6.54 Å². The van der Waals surface area contributed by atoms with Gasteiger partial charge in [-0.05, 0) is 25.3 Å². The van der Waals surface area contributed by atoms with Crippen LogP contribution in [0, 0.1) is 5.92 Å². The third-order valence-corrected chi connectivity index (χ3v) is 6.14. The van der Waals surface area contributed by atoms with Gasteiger partial charge in [0.05, 0.1) is 20.1 Å². The van der Waals surface area contributed by atoms with E-state index in [0.717, 1.165) is 56.2 Å². The lowest BCUT2D eigenvalue weighted by atomic mass is 9.80. The van der Waals surface area contributed by atoms with Gasteiger partial charge in [-0.25, -0.2) is 4.79 Å². The van der Waals surface area contributed by atoms with E-state index in [9.17, 15) is 9.90 Å². The highest BCUT2D eigenvalue weighted by molar-refractivity contribution is 5.81. The molecule has 132 valence electrons. The largest absolute Gasteiger partial charge is 0.454 e. The maximum absolute atomic E-state index is 13.0. The normalized spacial score (nSPS) is 30.2. The average molecular weight is 332 g/mol. The van der Waals surface area contributed by atoms with Crippen molar-refractivity contribution in [2.75, 3.05) is 26.7 Å². The van der Waals surface area contributed by atoms with Crippen molar-refractivity contribution in [1.82, 2.24) is 0 Å². The summed E-state index contributed by atoms with van der Waals surface area (Å²) in [6.45, 7) is 5.09. The third kappa shape index (κ3) is 3.22. The van der Waals surface area contributed by atoms with E-state index >= 15 is 0 Å². The lowest BCUT2D eigenvalue weighted by molar-refractivity contribution is -0.897. The van der Waals surface area contributed by atoms with Crippen LogP contribution < -0.4 is 0 Å². The maximum Gasteiger partial charge on any atom is 0.343 e. The SMILES string of the molecule is CC[N+]1(C)CC[C@H](OC(=O)[C@](O)(c2ccccc2)C2CCCC2)C1. The number of hydrogen-bond acceptors (Lipinski definition) is 3. The number of carbonyl (C=O) groups is 1. The Kier molecular flexibility index (Phi) is 4.97. The number of nitrogens with zero attached hydrogens (tertiary/aromatic N) is 1. The highest BCUT2D eigenvalue weighted by Crippen LogP contribution is 2.42. The molecule has 1 unspecified atom stereocenters. The van der Waals surface area contributed by atoms with E-state index in [0.29, 0.717) is 5.56 Å². The fraction of sp³-hybridized carbons (Fsp3) is 0.650. The van der Waals surface area contributed by atoms with Gasteiger partial charge in [0.15, 0.2) is 11.7 Å². The molecule has 1 saturated heterocycles. The predicted molar refractivity (Wildman–Crippen MR) is 93.3 cm³/mol. The summed E-state index contributed by atoms with van der Waals surface area (Å²) in [6, 6.07) is 9.36. The minimum atomic E-state index is -1.50. The van der Waals surface area contributed by atoms with E-state index in [1.807, 2.05) is 30.3 Å². The molecule has 1 aliphatic carbocycles. The summed E-state index contributed by atoms with van der Waals surface area (Å²) in [5, 5.41) is 11.4. The predicted octanol–water partition coefficient (Wildman–Crippen LogP) is 2.85. The summed E-state index contributed by atoms with van der Waals surface area (Å²) in [7, 11) is 2.20. The Hall–Kier alpha value is -1.39. The maximum atomic E-state index is 13.0. The van der Waals surface area contributed by atoms with Crippen molar-refractivity contribution < 1.29 is 19.1 Å². The summed E-state index contributed by atoms with van der Waals surface area (Å²) in [5.41, 5.74) is -0.830. The Bertz CT molecular complexity index is 570. The van der Waals surface area contributed by atoms with Crippen molar-refractivity contribution in [3.63, 3.8) is 0 Å². The highest BCUT2D eigenvalue weighted by atomic mass is 16.6. The van der Waals surface area contributed by atoms with Crippen molar-refractivity contribution in [3.05, 3.63) is 35.9 Å². The summed E-state index contributed by atoms with van der Waals surface area (Å²) in [6.07, 6.45) is 4.70. The second kappa shape index (κ2) is 6.85. The molecule has 0 aromatic heterocycles. The topological polar surface area (TPSA) is 46.5 Å². The number of rotatable bonds is 5. The molecule has 0 spiro atoms. The molecule has 1 aromatic rings. The minimum absolute atomic E-state index is 0.0409. The summed E-state index contributed by atoms with van der Waals surface area (Å²) >= 11 is 0. The van der Waals surface area contributed by atoms with Gasteiger partial charge in [0, 0.05) is 12.3 Å². The van der Waals surface area contributed by atoms with Crippen LogP contribution in [-0.2, 0) is 15.1 Å². The van der Waals surface area contributed by atoms with Crippen LogP contribution in [0.5, 0.6) is 0 Å². The summed E-state index contributed by atoms with van der Waals surface area (Å²) in [5.74, 6) is -0.490. The zero-order valence-corrected chi connectivity index (χ0v) is 14.9. The molecule has 0 amide bonds. The van der Waals surface area contributed by atoms with Gasteiger partial charge >= 0.3 is 5.97 Å². The molecule has 3 atom stereocenters. The fourth-order valence-corrected chi connectivity index (χ4v) is 4.31. The van der Waals surface area contributed by atoms with Crippen LogP contribution in [-0.4, -0.2) is 48.3 Å². The lowest BCUT2D eigenvalue weighted by Crippen LogP contribution is -2.46. The van der Waals surface area contributed by atoms with Crippen LogP contribution in [0.3, 0.4) is 0 Å². The Labute approximate surface area is 145 Å². The quantitative estimate of drug-likeness (QED) is 0.666. The van der Waals surface area contributed by atoms with E-state index < -0.39 is 11.6 Å². The third-order valence-electron chi connectivity index (χ3n) is 6.14. The smallest absolute Gasteiger partial charge is 0.343 e. The number of ether oxygens (including phenoxy) is 1. The van der Waals surface area contributed by atoms with Crippen LogP contribution in [0.1, 0.15) is 44.6 Å². The fourth-order valence-electron chi connectivity index (χ4n) is 4.31. The first-order valence-corrected chi connectivity index (χ1v) is 9.30. The average Bonchev–Trinajstić information content (AvgIpc) is 3.26. The number of benzene rings is 1. The van der Waals surface area contributed by atoms with Crippen LogP contribution >= 0.6 is 0 Å². The molecule has 0 bridgehead atoms. The zero-order valence-electron chi connectivity index (χ0n) is 14.9. The molecule has 2 aliphatic rings. The second-order valence-corrected chi connectivity index (χ2v) is 7.77. The molecule has 24 heavy (non-hydrogen) atoms. The number of aliphatic hydroxyl groups is 1. The molecule has 3 rings (SSSR count). The number of likely N-dealkylation sites (N-methyl/N-ethyl adjacent to an activating group) is 1. The monoisotopic (exact) mass is 332 g/mol. The summed E-state index contributed by atoms with van der Waals surface area (Å²) < 4.78 is 6.77. The van der Waals surface area contributed by atoms with E-state index in [4.69, 9.17) is 4.74 Å². The molecular weight excluding hydrogens is 302 g/mol. The standard InChI is InChI=1S/C20H30NO3/c1-3-21(2)14-13-18(15-21)24-19(22)20(23,17-11-7-8-12-17)16-9-5-4-6-10-16/h4-6,9-10,17-18,23H,3,7-8,11-15H2,1-2H3/q+1/t18-,20-,21?/m0/s1. The highest BCUT2D eigenvalue weighted by Gasteiger charge is 2.49. The van der Waals surface area contributed by atoms with E-state index in [1.54, 1.807) is 0 Å². The van der Waals surface area contributed by atoms with E-state index in [2.05, 4.69) is 14.0 Å².